The lowest BCUT2D eigenvalue weighted by atomic mass is 9.74. The van der Waals surface area contributed by atoms with Crippen LogP contribution in [-0.2, 0) is 14.8 Å². The molecule has 0 aromatic rings. The Morgan fingerprint density at radius 1 is 1.30 bits per heavy atom. The lowest BCUT2D eigenvalue weighted by Crippen LogP contribution is -2.46. The van der Waals surface area contributed by atoms with Crippen molar-refractivity contribution in [3.8, 4) is 0 Å². The summed E-state index contributed by atoms with van der Waals surface area (Å²) in [6, 6.07) is 0.226. The predicted octanol–water partition coefficient (Wildman–Crippen LogP) is 1.50. The summed E-state index contributed by atoms with van der Waals surface area (Å²) < 4.78 is 24.2. The monoisotopic (exact) mass is 304 g/mol. The number of nitrogens with one attached hydrogen (secondary N) is 2. The lowest BCUT2D eigenvalue weighted by Gasteiger charge is -2.37. The molecular weight excluding hydrogens is 276 g/mol. The second kappa shape index (κ2) is 7.41. The summed E-state index contributed by atoms with van der Waals surface area (Å²) in [5, 5.41) is 3.09. The van der Waals surface area contributed by atoms with E-state index in [2.05, 4.69) is 30.8 Å². The van der Waals surface area contributed by atoms with E-state index in [4.69, 9.17) is 0 Å². The maximum atomic E-state index is 11.9. The van der Waals surface area contributed by atoms with Gasteiger partial charge in [0.05, 0.1) is 6.26 Å². The first-order valence-corrected chi connectivity index (χ1v) is 9.32. The van der Waals surface area contributed by atoms with E-state index in [9.17, 15) is 13.2 Å². The molecule has 1 aliphatic carbocycles. The maximum absolute atomic E-state index is 11.9. The molecule has 3 atom stereocenters. The molecule has 5 nitrogen and oxygen atoms in total. The van der Waals surface area contributed by atoms with Crippen LogP contribution in [0.15, 0.2) is 0 Å². The Hall–Kier alpha value is -0.620. The molecule has 0 bridgehead atoms. The first-order valence-electron chi connectivity index (χ1n) is 7.43. The number of carbonyl (C=O) groups excluding carboxylic acids is 1. The van der Waals surface area contributed by atoms with Gasteiger partial charge in [0, 0.05) is 19.0 Å². The van der Waals surface area contributed by atoms with Crippen LogP contribution < -0.4 is 10.0 Å². The van der Waals surface area contributed by atoms with Gasteiger partial charge in [-0.1, -0.05) is 27.2 Å². The Labute approximate surface area is 122 Å². The van der Waals surface area contributed by atoms with E-state index >= 15 is 0 Å². The van der Waals surface area contributed by atoms with Crippen molar-refractivity contribution >= 4 is 15.9 Å². The average molecular weight is 304 g/mol. The maximum Gasteiger partial charge on any atom is 0.221 e. The van der Waals surface area contributed by atoms with Crippen molar-refractivity contribution in [1.29, 1.82) is 0 Å². The summed E-state index contributed by atoms with van der Waals surface area (Å²) in [6.45, 7) is 6.79. The van der Waals surface area contributed by atoms with Gasteiger partial charge in [-0.05, 0) is 30.6 Å². The van der Waals surface area contributed by atoms with E-state index in [1.807, 2.05) is 0 Å². The van der Waals surface area contributed by atoms with E-state index < -0.39 is 10.0 Å². The number of hydrogen-bond donors (Lipinski definition) is 2. The Morgan fingerprint density at radius 2 is 1.95 bits per heavy atom. The molecule has 1 saturated carbocycles. The van der Waals surface area contributed by atoms with Crippen molar-refractivity contribution < 1.29 is 13.2 Å². The molecule has 1 aliphatic rings. The zero-order chi connectivity index (χ0) is 15.3. The van der Waals surface area contributed by atoms with Crippen molar-refractivity contribution in [2.45, 2.75) is 52.5 Å². The molecular formula is C14H28N2O3S. The standard InChI is InChI=1S/C14H28N2O3S/c1-10(2)12-6-5-11(3)9-13(12)16-14(17)7-8-15-20(4,18)19/h10-13,15H,5-9H2,1-4H3,(H,16,17)/t11-,12+,13+/m1/s1. The first kappa shape index (κ1) is 17.4. The summed E-state index contributed by atoms with van der Waals surface area (Å²) in [5.74, 6) is 1.66. The SMILES string of the molecule is CC(C)[C@@H]1CC[C@@H](C)C[C@@H]1NC(=O)CCNS(C)(=O)=O. The summed E-state index contributed by atoms with van der Waals surface area (Å²) in [6.07, 6.45) is 4.70. The molecule has 0 aromatic heterocycles. The topological polar surface area (TPSA) is 75.3 Å². The fourth-order valence-electron chi connectivity index (χ4n) is 3.00. The fourth-order valence-corrected chi connectivity index (χ4v) is 3.47. The summed E-state index contributed by atoms with van der Waals surface area (Å²) in [4.78, 5) is 11.9. The molecule has 0 heterocycles. The molecule has 118 valence electrons. The van der Waals surface area contributed by atoms with Crippen molar-refractivity contribution in [3.63, 3.8) is 0 Å². The molecule has 0 unspecified atom stereocenters. The molecule has 1 fully saturated rings. The highest BCUT2D eigenvalue weighted by Crippen LogP contribution is 2.33. The van der Waals surface area contributed by atoms with Crippen LogP contribution >= 0.6 is 0 Å². The molecule has 6 heteroatoms. The molecule has 2 N–H and O–H groups in total. The second-order valence-electron chi connectivity index (χ2n) is 6.42. The van der Waals surface area contributed by atoms with Gasteiger partial charge in [0.2, 0.25) is 15.9 Å². The quantitative estimate of drug-likeness (QED) is 0.781. The zero-order valence-corrected chi connectivity index (χ0v) is 13.8. The largest absolute Gasteiger partial charge is 0.353 e. The van der Waals surface area contributed by atoms with E-state index in [1.54, 1.807) is 0 Å². The molecule has 0 radical (unpaired) electrons. The van der Waals surface area contributed by atoms with Crippen molar-refractivity contribution in [3.05, 3.63) is 0 Å². The van der Waals surface area contributed by atoms with Crippen LogP contribution in [-0.4, -0.2) is 33.2 Å². The van der Waals surface area contributed by atoms with Gasteiger partial charge in [-0.3, -0.25) is 4.79 Å². The molecule has 0 aliphatic heterocycles. The highest BCUT2D eigenvalue weighted by molar-refractivity contribution is 7.88. The van der Waals surface area contributed by atoms with Crippen LogP contribution in [0.2, 0.25) is 0 Å². The third kappa shape index (κ3) is 6.22. The second-order valence-corrected chi connectivity index (χ2v) is 8.25. The van der Waals surface area contributed by atoms with Crippen LogP contribution in [0.3, 0.4) is 0 Å². The lowest BCUT2D eigenvalue weighted by molar-refractivity contribution is -0.122. The van der Waals surface area contributed by atoms with E-state index in [0.717, 1.165) is 19.1 Å². The van der Waals surface area contributed by atoms with Crippen LogP contribution in [0, 0.1) is 17.8 Å². The normalized spacial score (nSPS) is 27.6. The van der Waals surface area contributed by atoms with Gasteiger partial charge in [-0.25, -0.2) is 13.1 Å². The third-order valence-electron chi connectivity index (χ3n) is 4.08. The van der Waals surface area contributed by atoms with Crippen LogP contribution in [0.5, 0.6) is 0 Å². The number of carbonyl (C=O) groups is 1. The Morgan fingerprint density at radius 3 is 2.50 bits per heavy atom. The van der Waals surface area contributed by atoms with E-state index in [1.165, 1.54) is 6.42 Å². The van der Waals surface area contributed by atoms with Crippen LogP contribution in [0.4, 0.5) is 0 Å². The Kier molecular flexibility index (Phi) is 6.45. The molecule has 0 aromatic carbocycles. The van der Waals surface area contributed by atoms with Crippen molar-refractivity contribution in [2.24, 2.45) is 17.8 Å². The minimum absolute atomic E-state index is 0.0640. The van der Waals surface area contributed by atoms with Gasteiger partial charge < -0.3 is 5.32 Å². The van der Waals surface area contributed by atoms with Gasteiger partial charge in [-0.15, -0.1) is 0 Å². The zero-order valence-electron chi connectivity index (χ0n) is 13.0. The van der Waals surface area contributed by atoms with Gasteiger partial charge >= 0.3 is 0 Å². The third-order valence-corrected chi connectivity index (χ3v) is 4.81. The van der Waals surface area contributed by atoms with Crippen molar-refractivity contribution in [1.82, 2.24) is 10.0 Å². The van der Waals surface area contributed by atoms with E-state index in [-0.39, 0.29) is 24.9 Å². The number of rotatable bonds is 6. The highest BCUT2D eigenvalue weighted by Gasteiger charge is 2.31. The summed E-state index contributed by atoms with van der Waals surface area (Å²) in [5.41, 5.74) is 0. The molecule has 0 saturated heterocycles. The molecule has 1 amide bonds. The predicted molar refractivity (Wildman–Crippen MR) is 80.7 cm³/mol. The van der Waals surface area contributed by atoms with Crippen molar-refractivity contribution in [2.75, 3.05) is 12.8 Å². The van der Waals surface area contributed by atoms with Crippen LogP contribution in [0.1, 0.15) is 46.5 Å². The minimum atomic E-state index is -3.22. The molecule has 0 spiro atoms. The minimum Gasteiger partial charge on any atom is -0.353 e. The van der Waals surface area contributed by atoms with Gasteiger partial charge in [0.25, 0.3) is 0 Å². The van der Waals surface area contributed by atoms with Gasteiger partial charge in [0.15, 0.2) is 0 Å². The summed E-state index contributed by atoms with van der Waals surface area (Å²) >= 11 is 0. The Bertz CT molecular complexity index is 420. The Balaban J connectivity index is 2.45. The smallest absolute Gasteiger partial charge is 0.221 e. The fraction of sp³-hybridized carbons (Fsp3) is 0.929. The van der Waals surface area contributed by atoms with Gasteiger partial charge in [0.1, 0.15) is 0 Å². The highest BCUT2D eigenvalue weighted by atomic mass is 32.2. The summed E-state index contributed by atoms with van der Waals surface area (Å²) in [7, 11) is -3.22. The molecule has 20 heavy (non-hydrogen) atoms. The average Bonchev–Trinajstić information content (AvgIpc) is 2.26. The number of hydrogen-bond acceptors (Lipinski definition) is 3. The van der Waals surface area contributed by atoms with Crippen LogP contribution in [0.25, 0.3) is 0 Å². The van der Waals surface area contributed by atoms with E-state index in [0.29, 0.717) is 17.8 Å². The first-order chi connectivity index (χ1) is 9.19. The van der Waals surface area contributed by atoms with Gasteiger partial charge in [-0.2, -0.15) is 0 Å². The number of sulfonamides is 1. The number of amides is 1. The molecule has 1 rings (SSSR count).